The molecule has 1 aromatic carbocycles. The first kappa shape index (κ1) is 25.9. The molecule has 186 valence electrons. The summed E-state index contributed by atoms with van der Waals surface area (Å²) in [4.78, 5) is 59.8. The van der Waals surface area contributed by atoms with Gasteiger partial charge in [0.2, 0.25) is 5.91 Å². The quantitative estimate of drug-likeness (QED) is 0.540. The summed E-state index contributed by atoms with van der Waals surface area (Å²) in [5, 5.41) is 2.89. The van der Waals surface area contributed by atoms with Crippen LogP contribution in [-0.4, -0.2) is 44.8 Å². The number of amides is 2. The first-order chi connectivity index (χ1) is 16.4. The van der Waals surface area contributed by atoms with Crippen LogP contribution in [0.2, 0.25) is 0 Å². The van der Waals surface area contributed by atoms with Crippen molar-refractivity contribution in [3.05, 3.63) is 67.5 Å². The Bertz CT molecular complexity index is 1400. The van der Waals surface area contributed by atoms with E-state index in [4.69, 9.17) is 0 Å². The van der Waals surface area contributed by atoms with Crippen molar-refractivity contribution < 1.29 is 9.59 Å². The number of fused-ring (bicyclic) bond motifs is 1. The first-order valence-corrected chi connectivity index (χ1v) is 11.7. The summed E-state index contributed by atoms with van der Waals surface area (Å²) < 4.78 is 1.40. The summed E-state index contributed by atoms with van der Waals surface area (Å²) in [6.45, 7) is 11.7. The second-order valence-electron chi connectivity index (χ2n) is 9.67. The molecule has 9 nitrogen and oxygen atoms in total. The fourth-order valence-corrected chi connectivity index (χ4v) is 3.86. The van der Waals surface area contributed by atoms with E-state index in [9.17, 15) is 19.2 Å². The molecule has 0 bridgehead atoms. The molecule has 0 aliphatic rings. The highest BCUT2D eigenvalue weighted by Gasteiger charge is 2.24. The molecule has 35 heavy (non-hydrogen) atoms. The minimum absolute atomic E-state index is 0.0430. The van der Waals surface area contributed by atoms with Gasteiger partial charge in [-0.1, -0.05) is 39.8 Å². The monoisotopic (exact) mass is 479 g/mol. The number of nitrogens with one attached hydrogen (secondary N) is 2. The lowest BCUT2D eigenvalue weighted by Gasteiger charge is -2.20. The molecule has 9 heteroatoms. The standard InChI is InChI=1S/C26H33N5O4/c1-14(2)12-31-23-22(24(33)29-26(31)35)18(11-20(28-23)15(3)4)25(34)30(7)13-21(32)27-19-10-8-9-16(5)17(19)6/h8-11,14-15H,12-13H2,1-7H3,(H,27,32)(H,29,33,35). The maximum Gasteiger partial charge on any atom is 0.330 e. The van der Waals surface area contributed by atoms with Crippen LogP contribution in [0.15, 0.2) is 33.9 Å². The Morgan fingerprint density at radius 1 is 1.14 bits per heavy atom. The summed E-state index contributed by atoms with van der Waals surface area (Å²) in [5.41, 5.74) is 2.30. The second kappa shape index (κ2) is 10.2. The average Bonchev–Trinajstić information content (AvgIpc) is 2.78. The van der Waals surface area contributed by atoms with Crippen LogP contribution in [0, 0.1) is 19.8 Å². The zero-order chi connectivity index (χ0) is 26.0. The van der Waals surface area contributed by atoms with Crippen molar-refractivity contribution in [3.8, 4) is 0 Å². The van der Waals surface area contributed by atoms with Gasteiger partial charge in [-0.15, -0.1) is 0 Å². The van der Waals surface area contributed by atoms with Gasteiger partial charge in [0.1, 0.15) is 0 Å². The van der Waals surface area contributed by atoms with Gasteiger partial charge in [-0.3, -0.25) is 23.9 Å². The van der Waals surface area contributed by atoms with Crippen molar-refractivity contribution in [2.24, 2.45) is 5.92 Å². The van der Waals surface area contributed by atoms with Gasteiger partial charge in [-0.25, -0.2) is 9.78 Å². The van der Waals surface area contributed by atoms with Crippen LogP contribution in [0.5, 0.6) is 0 Å². The third-order valence-corrected chi connectivity index (χ3v) is 5.94. The number of H-pyrrole nitrogens is 1. The lowest BCUT2D eigenvalue weighted by molar-refractivity contribution is -0.116. The lowest BCUT2D eigenvalue weighted by atomic mass is 10.0. The number of aromatic nitrogens is 3. The summed E-state index contributed by atoms with van der Waals surface area (Å²) in [5.74, 6) is -0.800. The van der Waals surface area contributed by atoms with Crippen molar-refractivity contribution in [1.29, 1.82) is 0 Å². The molecule has 2 amide bonds. The summed E-state index contributed by atoms with van der Waals surface area (Å²) in [7, 11) is 1.50. The zero-order valence-corrected chi connectivity index (χ0v) is 21.4. The number of carbonyl (C=O) groups excluding carboxylic acids is 2. The molecule has 0 saturated carbocycles. The number of rotatable bonds is 7. The molecule has 2 heterocycles. The van der Waals surface area contributed by atoms with E-state index in [-0.39, 0.29) is 40.9 Å². The Labute approximate surface area is 204 Å². The van der Waals surface area contributed by atoms with Gasteiger partial charge in [0.25, 0.3) is 11.5 Å². The van der Waals surface area contributed by atoms with Crippen molar-refractivity contribution in [2.75, 3.05) is 18.9 Å². The number of anilines is 1. The summed E-state index contributed by atoms with van der Waals surface area (Å²) >= 11 is 0. The van der Waals surface area contributed by atoms with E-state index in [0.29, 0.717) is 17.9 Å². The second-order valence-corrected chi connectivity index (χ2v) is 9.67. The highest BCUT2D eigenvalue weighted by atomic mass is 16.2. The molecule has 0 radical (unpaired) electrons. The molecule has 0 saturated heterocycles. The van der Waals surface area contributed by atoms with Crippen LogP contribution in [0.1, 0.15) is 60.8 Å². The average molecular weight is 480 g/mol. The van der Waals surface area contributed by atoms with Gasteiger partial charge >= 0.3 is 5.69 Å². The van der Waals surface area contributed by atoms with E-state index in [1.54, 1.807) is 12.1 Å². The van der Waals surface area contributed by atoms with Crippen LogP contribution in [0.3, 0.4) is 0 Å². The third-order valence-electron chi connectivity index (χ3n) is 5.94. The molecular weight excluding hydrogens is 446 g/mol. The Kier molecular flexibility index (Phi) is 7.57. The fourth-order valence-electron chi connectivity index (χ4n) is 3.86. The number of hydrogen-bond acceptors (Lipinski definition) is 5. The van der Waals surface area contributed by atoms with E-state index < -0.39 is 17.2 Å². The van der Waals surface area contributed by atoms with E-state index in [1.807, 2.05) is 53.7 Å². The van der Waals surface area contributed by atoms with Crippen LogP contribution >= 0.6 is 0 Å². The minimum atomic E-state index is -0.676. The molecule has 0 fully saturated rings. The molecular formula is C26H33N5O4. The van der Waals surface area contributed by atoms with Crippen molar-refractivity contribution in [1.82, 2.24) is 19.4 Å². The van der Waals surface area contributed by atoms with Gasteiger partial charge in [0.05, 0.1) is 17.5 Å². The van der Waals surface area contributed by atoms with Gasteiger partial charge in [0, 0.05) is 25.0 Å². The predicted molar refractivity (Wildman–Crippen MR) is 137 cm³/mol. The van der Waals surface area contributed by atoms with Crippen LogP contribution in [0.25, 0.3) is 11.0 Å². The SMILES string of the molecule is Cc1cccc(NC(=O)CN(C)C(=O)c2cc(C(C)C)nc3c2c(=O)[nH]c(=O)n3CC(C)C)c1C. The molecule has 0 unspecified atom stereocenters. The van der Waals surface area contributed by atoms with E-state index in [2.05, 4.69) is 15.3 Å². The Balaban J connectivity index is 2.03. The Morgan fingerprint density at radius 2 is 1.83 bits per heavy atom. The highest BCUT2D eigenvalue weighted by molar-refractivity contribution is 6.07. The number of carbonyl (C=O) groups is 2. The number of nitrogens with zero attached hydrogens (tertiary/aromatic N) is 3. The fraction of sp³-hybridized carbons (Fsp3) is 0.423. The summed E-state index contributed by atoms with van der Waals surface area (Å²) in [6.07, 6.45) is 0. The molecule has 0 spiro atoms. The van der Waals surface area contributed by atoms with Crippen molar-refractivity contribution >= 4 is 28.5 Å². The molecule has 0 atom stereocenters. The molecule has 2 N–H and O–H groups in total. The maximum atomic E-state index is 13.5. The van der Waals surface area contributed by atoms with Gasteiger partial charge in [-0.05, 0) is 48.9 Å². The molecule has 2 aromatic heterocycles. The van der Waals surface area contributed by atoms with E-state index in [1.165, 1.54) is 16.5 Å². The van der Waals surface area contributed by atoms with Crippen LogP contribution in [-0.2, 0) is 11.3 Å². The lowest BCUT2D eigenvalue weighted by Crippen LogP contribution is -2.37. The van der Waals surface area contributed by atoms with Crippen molar-refractivity contribution in [3.63, 3.8) is 0 Å². The molecule has 3 aromatic rings. The van der Waals surface area contributed by atoms with Gasteiger partial charge in [0.15, 0.2) is 5.65 Å². The largest absolute Gasteiger partial charge is 0.332 e. The van der Waals surface area contributed by atoms with E-state index in [0.717, 1.165) is 11.1 Å². The zero-order valence-electron chi connectivity index (χ0n) is 21.4. The molecule has 3 rings (SSSR count). The molecule has 0 aliphatic carbocycles. The first-order valence-electron chi connectivity index (χ1n) is 11.7. The number of pyridine rings is 1. The summed E-state index contributed by atoms with van der Waals surface area (Å²) in [6, 6.07) is 7.19. The Hall–Kier alpha value is -3.75. The number of benzene rings is 1. The predicted octanol–water partition coefficient (Wildman–Crippen LogP) is 3.19. The smallest absolute Gasteiger partial charge is 0.330 e. The maximum absolute atomic E-state index is 13.5. The topological polar surface area (TPSA) is 117 Å². The Morgan fingerprint density at radius 3 is 2.46 bits per heavy atom. The normalized spacial score (nSPS) is 11.3. The molecule has 0 aliphatic heterocycles. The highest BCUT2D eigenvalue weighted by Crippen LogP contribution is 2.22. The van der Waals surface area contributed by atoms with Crippen molar-refractivity contribution in [2.45, 2.75) is 54.0 Å². The number of likely N-dealkylation sites (N-methyl/N-ethyl adjacent to an activating group) is 1. The third kappa shape index (κ3) is 5.50. The number of aryl methyl sites for hydroxylation is 1. The van der Waals surface area contributed by atoms with Gasteiger partial charge < -0.3 is 10.2 Å². The minimum Gasteiger partial charge on any atom is -0.332 e. The van der Waals surface area contributed by atoms with E-state index >= 15 is 0 Å². The van der Waals surface area contributed by atoms with Crippen LogP contribution in [0.4, 0.5) is 5.69 Å². The number of aromatic amines is 1. The van der Waals surface area contributed by atoms with Crippen LogP contribution < -0.4 is 16.6 Å². The van der Waals surface area contributed by atoms with Gasteiger partial charge in [-0.2, -0.15) is 0 Å². The number of hydrogen-bond donors (Lipinski definition) is 2.